The Morgan fingerprint density at radius 2 is 2.40 bits per heavy atom. The molecule has 0 radical (unpaired) electrons. The Morgan fingerprint density at radius 1 is 1.60 bits per heavy atom. The number of hydrogen-bond donors (Lipinski definition) is 1. The largest absolute Gasteiger partial charge is 0.383 e. The Bertz CT molecular complexity index is 161. The second-order valence-electron chi connectivity index (χ2n) is 4.40. The highest BCUT2D eigenvalue weighted by Gasteiger charge is 2.16. The van der Waals surface area contributed by atoms with Gasteiger partial charge < -0.3 is 20.1 Å². The Labute approximate surface area is 92.7 Å². The fraction of sp³-hybridized carbons (Fsp3) is 1.00. The van der Waals surface area contributed by atoms with Crippen molar-refractivity contribution in [3.63, 3.8) is 0 Å². The number of ether oxygens (including phenoxy) is 2. The van der Waals surface area contributed by atoms with E-state index in [2.05, 4.69) is 11.9 Å². The molecule has 0 saturated carbocycles. The van der Waals surface area contributed by atoms with Crippen LogP contribution in [0.2, 0.25) is 0 Å². The molecule has 0 amide bonds. The molecular weight excluding hydrogens is 192 g/mol. The van der Waals surface area contributed by atoms with Gasteiger partial charge in [0, 0.05) is 32.8 Å². The lowest BCUT2D eigenvalue weighted by Gasteiger charge is -2.22. The summed E-state index contributed by atoms with van der Waals surface area (Å²) < 4.78 is 10.6. The zero-order valence-electron chi connectivity index (χ0n) is 9.95. The average Bonchev–Trinajstić information content (AvgIpc) is 2.67. The van der Waals surface area contributed by atoms with Gasteiger partial charge in [-0.2, -0.15) is 0 Å². The highest BCUT2D eigenvalue weighted by molar-refractivity contribution is 4.69. The Balaban J connectivity index is 2.04. The van der Waals surface area contributed by atoms with Crippen LogP contribution in [0.15, 0.2) is 0 Å². The van der Waals surface area contributed by atoms with Gasteiger partial charge in [0.15, 0.2) is 0 Å². The van der Waals surface area contributed by atoms with E-state index in [0.29, 0.717) is 12.7 Å². The summed E-state index contributed by atoms with van der Waals surface area (Å²) in [5, 5.41) is 0. The van der Waals surface area contributed by atoms with Gasteiger partial charge in [-0.25, -0.2) is 0 Å². The molecular formula is C11H24N2O2. The van der Waals surface area contributed by atoms with Crippen molar-refractivity contribution in [1.29, 1.82) is 0 Å². The van der Waals surface area contributed by atoms with Crippen molar-refractivity contribution in [1.82, 2.24) is 4.90 Å². The predicted octanol–water partition coefficient (Wildman–Crippen LogP) is 0.461. The van der Waals surface area contributed by atoms with E-state index in [4.69, 9.17) is 15.2 Å². The van der Waals surface area contributed by atoms with Crippen LogP contribution in [-0.2, 0) is 9.47 Å². The second kappa shape index (κ2) is 7.17. The Morgan fingerprint density at radius 3 is 3.00 bits per heavy atom. The van der Waals surface area contributed by atoms with E-state index >= 15 is 0 Å². The molecule has 90 valence electrons. The van der Waals surface area contributed by atoms with E-state index in [0.717, 1.165) is 26.1 Å². The third kappa shape index (κ3) is 5.47. The third-order valence-corrected chi connectivity index (χ3v) is 2.78. The van der Waals surface area contributed by atoms with E-state index in [9.17, 15) is 0 Å². The first-order valence-electron chi connectivity index (χ1n) is 5.77. The zero-order valence-corrected chi connectivity index (χ0v) is 9.95. The summed E-state index contributed by atoms with van der Waals surface area (Å²) in [5.41, 5.74) is 5.87. The zero-order chi connectivity index (χ0) is 11.1. The molecule has 2 atom stereocenters. The van der Waals surface area contributed by atoms with E-state index < -0.39 is 0 Å². The first-order chi connectivity index (χ1) is 7.22. The molecule has 4 nitrogen and oxygen atoms in total. The molecule has 1 rings (SSSR count). The number of nitrogens with two attached hydrogens (primary N) is 1. The van der Waals surface area contributed by atoms with Crippen LogP contribution in [0, 0.1) is 0 Å². The molecule has 1 fully saturated rings. The molecule has 4 heteroatoms. The van der Waals surface area contributed by atoms with Crippen LogP contribution in [-0.4, -0.2) is 57.5 Å². The lowest BCUT2D eigenvalue weighted by atomic mass is 10.2. The summed E-state index contributed by atoms with van der Waals surface area (Å²) in [5.74, 6) is 0. The van der Waals surface area contributed by atoms with Gasteiger partial charge in [0.2, 0.25) is 0 Å². The number of rotatable bonds is 7. The molecule has 2 unspecified atom stereocenters. The van der Waals surface area contributed by atoms with Gasteiger partial charge in [0.1, 0.15) is 0 Å². The normalized spacial score (nSPS) is 23.6. The molecule has 0 bridgehead atoms. The summed E-state index contributed by atoms with van der Waals surface area (Å²) in [6, 6.07) is 0.115. The fourth-order valence-electron chi connectivity index (χ4n) is 1.99. The van der Waals surface area contributed by atoms with Crippen LogP contribution < -0.4 is 5.73 Å². The van der Waals surface area contributed by atoms with Crippen molar-refractivity contribution in [3.8, 4) is 0 Å². The molecule has 0 aliphatic carbocycles. The van der Waals surface area contributed by atoms with E-state index in [1.807, 2.05) is 0 Å². The van der Waals surface area contributed by atoms with Gasteiger partial charge in [-0.05, 0) is 26.3 Å². The maximum Gasteiger partial charge on any atom is 0.0626 e. The Hall–Kier alpha value is -0.160. The number of nitrogens with zero attached hydrogens (tertiary/aromatic N) is 1. The van der Waals surface area contributed by atoms with Crippen LogP contribution in [0.3, 0.4) is 0 Å². The minimum atomic E-state index is 0.115. The standard InChI is InChI=1S/C11H24N2O2/c1-13(8-10(12)9-14-2)6-5-11-4-3-7-15-11/h10-11H,3-9,12H2,1-2H3. The van der Waals surface area contributed by atoms with Crippen LogP contribution in [0.25, 0.3) is 0 Å². The van der Waals surface area contributed by atoms with Gasteiger partial charge in [-0.1, -0.05) is 0 Å². The maximum atomic E-state index is 5.87. The number of likely N-dealkylation sites (N-methyl/N-ethyl adjacent to an activating group) is 1. The molecule has 1 aliphatic heterocycles. The molecule has 1 heterocycles. The molecule has 0 aromatic rings. The van der Waals surface area contributed by atoms with Crippen molar-refractivity contribution < 1.29 is 9.47 Å². The molecule has 0 aromatic heterocycles. The molecule has 0 aromatic carbocycles. The van der Waals surface area contributed by atoms with Crippen molar-refractivity contribution in [2.75, 3.05) is 40.5 Å². The molecule has 2 N–H and O–H groups in total. The summed E-state index contributed by atoms with van der Waals surface area (Å²) in [6.07, 6.45) is 4.04. The fourth-order valence-corrected chi connectivity index (χ4v) is 1.99. The van der Waals surface area contributed by atoms with E-state index in [-0.39, 0.29) is 6.04 Å². The summed E-state index contributed by atoms with van der Waals surface area (Å²) in [6.45, 7) is 3.52. The van der Waals surface area contributed by atoms with E-state index in [1.54, 1.807) is 7.11 Å². The molecule has 1 saturated heterocycles. The minimum absolute atomic E-state index is 0.115. The SMILES string of the molecule is COCC(N)CN(C)CCC1CCCO1. The second-order valence-corrected chi connectivity index (χ2v) is 4.40. The van der Waals surface area contributed by atoms with Gasteiger partial charge in [-0.15, -0.1) is 0 Å². The number of hydrogen-bond acceptors (Lipinski definition) is 4. The van der Waals surface area contributed by atoms with Gasteiger partial charge in [0.05, 0.1) is 12.7 Å². The quantitative estimate of drug-likeness (QED) is 0.671. The van der Waals surface area contributed by atoms with Crippen LogP contribution in [0.5, 0.6) is 0 Å². The Kier molecular flexibility index (Phi) is 6.17. The van der Waals surface area contributed by atoms with Crippen molar-refractivity contribution >= 4 is 0 Å². The monoisotopic (exact) mass is 216 g/mol. The number of methoxy groups -OCH3 is 1. The van der Waals surface area contributed by atoms with Gasteiger partial charge >= 0.3 is 0 Å². The molecule has 15 heavy (non-hydrogen) atoms. The first-order valence-corrected chi connectivity index (χ1v) is 5.77. The van der Waals surface area contributed by atoms with Crippen molar-refractivity contribution in [2.24, 2.45) is 5.73 Å². The van der Waals surface area contributed by atoms with Crippen LogP contribution >= 0.6 is 0 Å². The first kappa shape index (κ1) is 12.9. The minimum Gasteiger partial charge on any atom is -0.383 e. The van der Waals surface area contributed by atoms with Crippen LogP contribution in [0.4, 0.5) is 0 Å². The lowest BCUT2D eigenvalue weighted by molar-refractivity contribution is 0.0922. The van der Waals surface area contributed by atoms with E-state index in [1.165, 1.54) is 12.8 Å². The molecule has 0 spiro atoms. The van der Waals surface area contributed by atoms with Crippen molar-refractivity contribution in [3.05, 3.63) is 0 Å². The van der Waals surface area contributed by atoms with Crippen LogP contribution in [0.1, 0.15) is 19.3 Å². The predicted molar refractivity (Wildman–Crippen MR) is 60.9 cm³/mol. The summed E-state index contributed by atoms with van der Waals surface area (Å²) in [7, 11) is 3.79. The smallest absolute Gasteiger partial charge is 0.0626 e. The average molecular weight is 216 g/mol. The van der Waals surface area contributed by atoms with Gasteiger partial charge in [-0.3, -0.25) is 0 Å². The highest BCUT2D eigenvalue weighted by Crippen LogP contribution is 2.15. The van der Waals surface area contributed by atoms with Crippen molar-refractivity contribution in [2.45, 2.75) is 31.4 Å². The summed E-state index contributed by atoms with van der Waals surface area (Å²) >= 11 is 0. The molecule has 1 aliphatic rings. The lowest BCUT2D eigenvalue weighted by Crippen LogP contribution is -2.39. The maximum absolute atomic E-state index is 5.87. The summed E-state index contributed by atoms with van der Waals surface area (Å²) in [4.78, 5) is 2.26. The third-order valence-electron chi connectivity index (χ3n) is 2.78. The topological polar surface area (TPSA) is 47.7 Å². The highest BCUT2D eigenvalue weighted by atomic mass is 16.5. The van der Waals surface area contributed by atoms with Gasteiger partial charge in [0.25, 0.3) is 0 Å².